The Kier molecular flexibility index (Phi) is 5.79. The maximum atomic E-state index is 6.66. The second-order valence-electron chi connectivity index (χ2n) is 9.57. The van der Waals surface area contributed by atoms with Gasteiger partial charge in [0.05, 0.1) is 11.2 Å². The lowest BCUT2D eigenvalue weighted by Gasteiger charge is -2.44. The number of hydrogen-bond donors (Lipinski definition) is 0. The van der Waals surface area contributed by atoms with Gasteiger partial charge in [-0.25, -0.2) is 0 Å². The van der Waals surface area contributed by atoms with Crippen molar-refractivity contribution in [2.45, 2.75) is 116 Å². The molecule has 1 heterocycles. The largest absolute Gasteiger partial charge is 0.364 e. The third-order valence-corrected chi connectivity index (χ3v) is 7.36. The molecule has 0 N–H and O–H groups in total. The smallest absolute Gasteiger partial charge is 0.0930 e. The van der Waals surface area contributed by atoms with Crippen LogP contribution in [-0.4, -0.2) is 11.2 Å². The van der Waals surface area contributed by atoms with Crippen molar-refractivity contribution in [3.63, 3.8) is 0 Å². The average molecular weight is 333 g/mol. The van der Waals surface area contributed by atoms with E-state index < -0.39 is 0 Å². The van der Waals surface area contributed by atoms with Crippen LogP contribution in [0.3, 0.4) is 0 Å². The highest BCUT2D eigenvalue weighted by atomic mass is 16.5. The Bertz CT molecular complexity index is 443. The fourth-order valence-electron chi connectivity index (χ4n) is 5.90. The Hall–Kier alpha value is -0.300. The molecule has 1 heteroatoms. The normalized spacial score (nSPS) is 37.9. The predicted molar refractivity (Wildman–Crippen MR) is 103 cm³/mol. The maximum absolute atomic E-state index is 6.66. The van der Waals surface area contributed by atoms with E-state index in [0.717, 1.165) is 17.8 Å². The lowest BCUT2D eigenvalue weighted by molar-refractivity contribution is -0.0978. The number of ether oxygens (including phenoxy) is 1. The van der Waals surface area contributed by atoms with Crippen LogP contribution < -0.4 is 0 Å². The van der Waals surface area contributed by atoms with Crippen LogP contribution >= 0.6 is 0 Å². The summed E-state index contributed by atoms with van der Waals surface area (Å²) >= 11 is 0. The monoisotopic (exact) mass is 332 g/mol. The summed E-state index contributed by atoms with van der Waals surface area (Å²) in [5.74, 6) is 2.64. The molecule has 0 amide bonds. The third kappa shape index (κ3) is 3.62. The molecule has 3 aliphatic carbocycles. The lowest BCUT2D eigenvalue weighted by atomic mass is 9.63. The van der Waals surface area contributed by atoms with Gasteiger partial charge in [0, 0.05) is 0 Å². The number of fused-ring (bicyclic) bond motifs is 1. The summed E-state index contributed by atoms with van der Waals surface area (Å²) in [5, 5.41) is 0. The molecule has 3 atom stereocenters. The summed E-state index contributed by atoms with van der Waals surface area (Å²) in [5.41, 5.74) is 1.91. The third-order valence-electron chi connectivity index (χ3n) is 7.36. The van der Waals surface area contributed by atoms with Gasteiger partial charge in [0.15, 0.2) is 0 Å². The second kappa shape index (κ2) is 7.52. The van der Waals surface area contributed by atoms with Crippen molar-refractivity contribution in [3.05, 3.63) is 11.6 Å². The van der Waals surface area contributed by atoms with E-state index in [1.54, 1.807) is 5.57 Å². The Morgan fingerprint density at radius 2 is 1.71 bits per heavy atom. The highest BCUT2D eigenvalue weighted by molar-refractivity contribution is 5.27. The van der Waals surface area contributed by atoms with Crippen LogP contribution in [-0.2, 0) is 4.74 Å². The van der Waals surface area contributed by atoms with E-state index in [-0.39, 0.29) is 11.2 Å². The van der Waals surface area contributed by atoms with Gasteiger partial charge in [-0.15, -0.1) is 0 Å². The first-order valence-electron chi connectivity index (χ1n) is 10.9. The van der Waals surface area contributed by atoms with Crippen LogP contribution in [0.1, 0.15) is 105 Å². The molecule has 1 nitrogen and oxygen atoms in total. The van der Waals surface area contributed by atoms with Crippen LogP contribution in [0.4, 0.5) is 0 Å². The molecule has 0 radical (unpaired) electrons. The van der Waals surface area contributed by atoms with Gasteiger partial charge < -0.3 is 4.74 Å². The molecule has 138 valence electrons. The molecule has 1 spiro atoms. The molecule has 24 heavy (non-hydrogen) atoms. The molecule has 4 aliphatic rings. The molecule has 0 aromatic heterocycles. The van der Waals surface area contributed by atoms with Crippen LogP contribution in [0.2, 0.25) is 0 Å². The van der Waals surface area contributed by atoms with E-state index in [0.29, 0.717) is 0 Å². The molecule has 3 fully saturated rings. The van der Waals surface area contributed by atoms with Gasteiger partial charge in [-0.3, -0.25) is 0 Å². The van der Waals surface area contributed by atoms with Crippen molar-refractivity contribution in [2.75, 3.05) is 0 Å². The Morgan fingerprint density at radius 3 is 2.33 bits per heavy atom. The number of allylic oxidation sites excluding steroid dienone is 1. The minimum absolute atomic E-state index is 0.110. The van der Waals surface area contributed by atoms with Crippen LogP contribution in [0.25, 0.3) is 0 Å². The van der Waals surface area contributed by atoms with Gasteiger partial charge in [-0.2, -0.15) is 0 Å². The first-order chi connectivity index (χ1) is 11.5. The summed E-state index contributed by atoms with van der Waals surface area (Å²) in [7, 11) is 0. The van der Waals surface area contributed by atoms with Crippen molar-refractivity contribution >= 4 is 0 Å². The van der Waals surface area contributed by atoms with Gasteiger partial charge in [0.1, 0.15) is 0 Å². The van der Waals surface area contributed by atoms with Crippen molar-refractivity contribution in [3.8, 4) is 0 Å². The van der Waals surface area contributed by atoms with Crippen LogP contribution in [0.15, 0.2) is 11.6 Å². The molecule has 0 aromatic rings. The summed E-state index contributed by atoms with van der Waals surface area (Å²) < 4.78 is 6.66. The van der Waals surface area contributed by atoms with Crippen molar-refractivity contribution in [1.29, 1.82) is 0 Å². The molecule has 3 unspecified atom stereocenters. The molecule has 2 bridgehead atoms. The first kappa shape index (κ1) is 18.5. The van der Waals surface area contributed by atoms with E-state index in [9.17, 15) is 0 Å². The standard InChI is InChI=1S/C16H26O.C7H14/c1-4-6-12-7-5-8-13-9-10-14-11-16(12,13)17-15(14,2)3;1-7-5-3-2-4-6-7/h7,13-14H,4-6,8-11H2,1-3H3;7H,2-6H2,1H3. The van der Waals surface area contributed by atoms with Gasteiger partial charge >= 0.3 is 0 Å². The van der Waals surface area contributed by atoms with E-state index >= 15 is 0 Å². The SMILES string of the molecule is CC1CCCCC1.CCCC1=CCCC2CCC3CC12OC3(C)C. The molecular weight excluding hydrogens is 292 g/mol. The van der Waals surface area contributed by atoms with E-state index in [1.807, 2.05) is 0 Å². The summed E-state index contributed by atoms with van der Waals surface area (Å²) in [4.78, 5) is 0. The Balaban J connectivity index is 0.000000203. The molecule has 4 rings (SSSR count). The Labute approximate surface area is 150 Å². The summed E-state index contributed by atoms with van der Waals surface area (Å²) in [6.45, 7) is 9.28. The van der Waals surface area contributed by atoms with Gasteiger partial charge in [0.25, 0.3) is 0 Å². The molecular formula is C23H40O. The van der Waals surface area contributed by atoms with Crippen LogP contribution in [0, 0.1) is 17.8 Å². The fourth-order valence-corrected chi connectivity index (χ4v) is 5.90. The van der Waals surface area contributed by atoms with Gasteiger partial charge in [-0.05, 0) is 75.7 Å². The highest BCUT2D eigenvalue weighted by Crippen LogP contribution is 2.59. The molecule has 1 aliphatic heterocycles. The molecule has 2 saturated carbocycles. The average Bonchev–Trinajstić information content (AvgIpc) is 2.76. The lowest BCUT2D eigenvalue weighted by Crippen LogP contribution is -2.44. The highest BCUT2D eigenvalue weighted by Gasteiger charge is 2.59. The number of rotatable bonds is 2. The maximum Gasteiger partial charge on any atom is 0.0930 e. The summed E-state index contributed by atoms with van der Waals surface area (Å²) in [6.07, 6.45) is 19.2. The van der Waals surface area contributed by atoms with Gasteiger partial charge in [0.2, 0.25) is 0 Å². The van der Waals surface area contributed by atoms with Crippen LogP contribution in [0.5, 0.6) is 0 Å². The summed E-state index contributed by atoms with van der Waals surface area (Å²) in [6, 6.07) is 0. The quantitative estimate of drug-likeness (QED) is 0.492. The van der Waals surface area contributed by atoms with Crippen molar-refractivity contribution < 1.29 is 4.74 Å². The second-order valence-corrected chi connectivity index (χ2v) is 9.57. The Morgan fingerprint density at radius 1 is 1.00 bits per heavy atom. The zero-order valence-electron chi connectivity index (χ0n) is 16.7. The molecule has 1 saturated heterocycles. The molecule has 0 aromatic carbocycles. The predicted octanol–water partition coefficient (Wildman–Crippen LogP) is 7.06. The van der Waals surface area contributed by atoms with E-state index in [4.69, 9.17) is 4.74 Å². The fraction of sp³-hybridized carbons (Fsp3) is 0.913. The minimum Gasteiger partial charge on any atom is -0.364 e. The zero-order valence-corrected chi connectivity index (χ0v) is 16.7. The van der Waals surface area contributed by atoms with Crippen molar-refractivity contribution in [1.82, 2.24) is 0 Å². The number of hydrogen-bond acceptors (Lipinski definition) is 1. The zero-order chi connectivity index (χ0) is 17.2. The van der Waals surface area contributed by atoms with E-state index in [2.05, 4.69) is 33.8 Å². The minimum atomic E-state index is 0.110. The topological polar surface area (TPSA) is 9.23 Å². The van der Waals surface area contributed by atoms with Gasteiger partial charge in [-0.1, -0.05) is 58.4 Å². The van der Waals surface area contributed by atoms with E-state index in [1.165, 1.54) is 77.0 Å². The van der Waals surface area contributed by atoms with Crippen molar-refractivity contribution in [2.24, 2.45) is 17.8 Å². The first-order valence-corrected chi connectivity index (χ1v) is 10.9.